The predicted octanol–water partition coefficient (Wildman–Crippen LogP) is 4.39. The lowest BCUT2D eigenvalue weighted by Crippen LogP contribution is -2.40. The number of carbonyl (C=O) groups excluding carboxylic acids is 1. The van der Waals surface area contributed by atoms with Crippen molar-refractivity contribution in [2.24, 2.45) is 5.92 Å². The van der Waals surface area contributed by atoms with E-state index >= 15 is 0 Å². The van der Waals surface area contributed by atoms with E-state index in [4.69, 9.17) is 0 Å². The molecular weight excluding hydrogens is 370 g/mol. The Balaban J connectivity index is 2.10. The third-order valence-electron chi connectivity index (χ3n) is 3.74. The van der Waals surface area contributed by atoms with Gasteiger partial charge < -0.3 is 4.90 Å². The van der Waals surface area contributed by atoms with Crippen LogP contribution in [-0.2, 0) is 0 Å². The number of nitrogens with zero attached hydrogens (tertiary/aromatic N) is 1. The van der Waals surface area contributed by atoms with Crippen molar-refractivity contribution >= 4 is 37.8 Å². The first kappa shape index (κ1) is 15.0. The van der Waals surface area contributed by atoms with E-state index in [1.54, 1.807) is 0 Å². The average molecular weight is 389 g/mol. The molecule has 104 valence electrons. The number of rotatable bonds is 3. The first-order chi connectivity index (χ1) is 9.11. The second kappa shape index (κ2) is 6.89. The van der Waals surface area contributed by atoms with Crippen molar-refractivity contribution < 1.29 is 4.79 Å². The third-order valence-corrected chi connectivity index (χ3v) is 4.69. The Kier molecular flexibility index (Phi) is 5.46. The summed E-state index contributed by atoms with van der Waals surface area (Å²) in [6, 6.07) is 5.88. The smallest absolute Gasteiger partial charge is 0.254 e. The number of halogens is 2. The van der Waals surface area contributed by atoms with Crippen molar-refractivity contribution in [3.05, 3.63) is 33.8 Å². The monoisotopic (exact) mass is 387 g/mol. The van der Waals surface area contributed by atoms with Crippen LogP contribution in [0, 0.1) is 12.8 Å². The highest BCUT2D eigenvalue weighted by atomic mass is 79.9. The summed E-state index contributed by atoms with van der Waals surface area (Å²) in [4.78, 5) is 14.6. The number of alkyl halides is 1. The molecule has 1 fully saturated rings. The van der Waals surface area contributed by atoms with Crippen molar-refractivity contribution in [2.45, 2.75) is 26.2 Å². The largest absolute Gasteiger partial charge is 0.338 e. The fourth-order valence-corrected chi connectivity index (χ4v) is 3.80. The number of carbonyl (C=O) groups is 1. The van der Waals surface area contributed by atoms with E-state index in [0.29, 0.717) is 5.92 Å². The quantitative estimate of drug-likeness (QED) is 0.703. The van der Waals surface area contributed by atoms with Gasteiger partial charge >= 0.3 is 0 Å². The van der Waals surface area contributed by atoms with Gasteiger partial charge in [0.2, 0.25) is 0 Å². The number of hydrogen-bond donors (Lipinski definition) is 0. The SMILES string of the molecule is Cc1cc(Br)ccc1C(=O)N1CCCC(CCBr)C1. The molecule has 0 radical (unpaired) electrons. The molecule has 0 bridgehead atoms. The molecule has 4 heteroatoms. The maximum absolute atomic E-state index is 12.6. The maximum atomic E-state index is 12.6. The van der Waals surface area contributed by atoms with Crippen LogP contribution in [0.1, 0.15) is 35.2 Å². The van der Waals surface area contributed by atoms with Gasteiger partial charge in [-0.2, -0.15) is 0 Å². The third kappa shape index (κ3) is 3.82. The Labute approximate surface area is 131 Å². The van der Waals surface area contributed by atoms with Crippen molar-refractivity contribution in [1.29, 1.82) is 0 Å². The lowest BCUT2D eigenvalue weighted by molar-refractivity contribution is 0.0671. The van der Waals surface area contributed by atoms with Gasteiger partial charge in [-0.05, 0) is 55.9 Å². The van der Waals surface area contributed by atoms with Gasteiger partial charge in [-0.25, -0.2) is 0 Å². The summed E-state index contributed by atoms with van der Waals surface area (Å²) in [5.74, 6) is 0.831. The summed E-state index contributed by atoms with van der Waals surface area (Å²) in [6.07, 6.45) is 3.52. The summed E-state index contributed by atoms with van der Waals surface area (Å²) >= 11 is 6.94. The van der Waals surface area contributed by atoms with Gasteiger partial charge in [-0.15, -0.1) is 0 Å². The van der Waals surface area contributed by atoms with Crippen LogP contribution in [0.5, 0.6) is 0 Å². The van der Waals surface area contributed by atoms with Crippen LogP contribution >= 0.6 is 31.9 Å². The van der Waals surface area contributed by atoms with Gasteiger partial charge in [0.05, 0.1) is 0 Å². The van der Waals surface area contributed by atoms with Gasteiger partial charge in [0.1, 0.15) is 0 Å². The van der Waals surface area contributed by atoms with E-state index in [0.717, 1.165) is 46.9 Å². The Morgan fingerprint density at radius 3 is 2.95 bits per heavy atom. The summed E-state index contributed by atoms with van der Waals surface area (Å²) in [7, 11) is 0. The van der Waals surface area contributed by atoms with Crippen LogP contribution < -0.4 is 0 Å². The number of amides is 1. The molecule has 1 saturated heterocycles. The topological polar surface area (TPSA) is 20.3 Å². The summed E-state index contributed by atoms with van der Waals surface area (Å²) in [6.45, 7) is 3.80. The average Bonchev–Trinajstić information content (AvgIpc) is 2.39. The van der Waals surface area contributed by atoms with Gasteiger partial charge in [-0.3, -0.25) is 4.79 Å². The van der Waals surface area contributed by atoms with E-state index in [9.17, 15) is 4.79 Å². The number of benzene rings is 1. The lowest BCUT2D eigenvalue weighted by atomic mass is 9.95. The fraction of sp³-hybridized carbons (Fsp3) is 0.533. The zero-order valence-corrected chi connectivity index (χ0v) is 14.3. The minimum absolute atomic E-state index is 0.185. The van der Waals surface area contributed by atoms with Crippen molar-refractivity contribution in [1.82, 2.24) is 4.90 Å². The van der Waals surface area contributed by atoms with Crippen LogP contribution in [0.25, 0.3) is 0 Å². The molecule has 1 aliphatic rings. The number of piperidine rings is 1. The van der Waals surface area contributed by atoms with Crippen LogP contribution in [0.15, 0.2) is 22.7 Å². The molecule has 1 unspecified atom stereocenters. The molecule has 0 N–H and O–H groups in total. The van der Waals surface area contributed by atoms with Crippen molar-refractivity contribution in [3.8, 4) is 0 Å². The van der Waals surface area contributed by atoms with Gasteiger partial charge in [-0.1, -0.05) is 31.9 Å². The maximum Gasteiger partial charge on any atom is 0.254 e. The van der Waals surface area contributed by atoms with E-state index in [-0.39, 0.29) is 5.91 Å². The Bertz CT molecular complexity index is 459. The Hall–Kier alpha value is -0.350. The molecule has 2 rings (SSSR count). The zero-order valence-electron chi connectivity index (χ0n) is 11.2. The molecule has 1 aromatic carbocycles. The highest BCUT2D eigenvalue weighted by molar-refractivity contribution is 9.10. The highest BCUT2D eigenvalue weighted by Gasteiger charge is 2.24. The number of aryl methyl sites for hydroxylation is 1. The van der Waals surface area contributed by atoms with E-state index in [1.807, 2.05) is 30.0 Å². The molecule has 1 atom stereocenters. The standard InChI is InChI=1S/C15H19Br2NO/c1-11-9-13(17)4-5-14(11)15(19)18-8-2-3-12(10-18)6-7-16/h4-5,9,12H,2-3,6-8,10H2,1H3. The first-order valence-corrected chi connectivity index (χ1v) is 8.64. The van der Waals surface area contributed by atoms with E-state index in [2.05, 4.69) is 31.9 Å². The van der Waals surface area contributed by atoms with Crippen LogP contribution in [0.3, 0.4) is 0 Å². The molecule has 19 heavy (non-hydrogen) atoms. The summed E-state index contributed by atoms with van der Waals surface area (Å²) in [5, 5.41) is 1.02. The van der Waals surface area contributed by atoms with Gasteiger partial charge in [0, 0.05) is 28.5 Å². The Morgan fingerprint density at radius 1 is 1.47 bits per heavy atom. The predicted molar refractivity (Wildman–Crippen MR) is 85.9 cm³/mol. The van der Waals surface area contributed by atoms with Gasteiger partial charge in [0.25, 0.3) is 5.91 Å². The van der Waals surface area contributed by atoms with Crippen LogP contribution in [0.4, 0.5) is 0 Å². The van der Waals surface area contributed by atoms with Crippen LogP contribution in [0.2, 0.25) is 0 Å². The molecule has 1 amide bonds. The summed E-state index contributed by atoms with van der Waals surface area (Å²) in [5.41, 5.74) is 1.88. The Morgan fingerprint density at radius 2 is 2.26 bits per heavy atom. The van der Waals surface area contributed by atoms with Gasteiger partial charge in [0.15, 0.2) is 0 Å². The normalized spacial score (nSPS) is 19.5. The van der Waals surface area contributed by atoms with E-state index in [1.165, 1.54) is 6.42 Å². The lowest BCUT2D eigenvalue weighted by Gasteiger charge is -2.33. The molecule has 0 aromatic heterocycles. The minimum atomic E-state index is 0.185. The van der Waals surface area contributed by atoms with Crippen molar-refractivity contribution in [3.63, 3.8) is 0 Å². The fourth-order valence-electron chi connectivity index (χ4n) is 2.68. The molecule has 1 heterocycles. The minimum Gasteiger partial charge on any atom is -0.338 e. The number of hydrogen-bond acceptors (Lipinski definition) is 1. The molecular formula is C15H19Br2NO. The second-order valence-electron chi connectivity index (χ2n) is 5.20. The van der Waals surface area contributed by atoms with Crippen molar-refractivity contribution in [2.75, 3.05) is 18.4 Å². The highest BCUT2D eigenvalue weighted by Crippen LogP contribution is 2.23. The molecule has 0 spiro atoms. The molecule has 1 aromatic rings. The molecule has 2 nitrogen and oxygen atoms in total. The second-order valence-corrected chi connectivity index (χ2v) is 6.90. The molecule has 1 aliphatic heterocycles. The first-order valence-electron chi connectivity index (χ1n) is 6.73. The van der Waals surface area contributed by atoms with Crippen LogP contribution in [-0.4, -0.2) is 29.2 Å². The summed E-state index contributed by atoms with van der Waals surface area (Å²) < 4.78 is 1.03. The zero-order chi connectivity index (χ0) is 13.8. The molecule has 0 aliphatic carbocycles. The number of likely N-dealkylation sites (tertiary alicyclic amines) is 1. The van der Waals surface area contributed by atoms with E-state index < -0.39 is 0 Å². The molecule has 0 saturated carbocycles.